The summed E-state index contributed by atoms with van der Waals surface area (Å²) in [5, 5.41) is 5.90. The molecular formula is C78H77N13O27P2. The Balaban J connectivity index is 0.793. The quantitative estimate of drug-likeness (QED) is 0.0155. The zero-order valence-corrected chi connectivity index (χ0v) is 66.4. The largest absolute Gasteiger partial charge is 0.497 e. The second kappa shape index (κ2) is 34.7. The highest BCUT2D eigenvalue weighted by molar-refractivity contribution is 7.48. The van der Waals surface area contributed by atoms with Gasteiger partial charge in [0, 0.05) is 94.5 Å². The summed E-state index contributed by atoms with van der Waals surface area (Å²) in [5.41, 5.74) is -3.13. The molecular weight excluding hydrogens is 1610 g/mol. The topological polar surface area (TPSA) is 482 Å². The Morgan fingerprint density at radius 1 is 0.525 bits per heavy atom. The predicted molar refractivity (Wildman–Crippen MR) is 416 cm³/mol. The van der Waals surface area contributed by atoms with E-state index >= 15 is 4.57 Å². The highest BCUT2D eigenvalue weighted by Crippen LogP contribution is 2.57. The van der Waals surface area contributed by atoms with Crippen molar-refractivity contribution in [3.8, 4) is 11.5 Å². The van der Waals surface area contributed by atoms with Gasteiger partial charge in [-0.1, -0.05) is 78.9 Å². The first-order valence-electron chi connectivity index (χ1n) is 37.4. The minimum Gasteiger partial charge on any atom is -0.497 e. The van der Waals surface area contributed by atoms with Gasteiger partial charge in [0.2, 0.25) is 11.8 Å². The molecule has 10 aromatic rings. The van der Waals surface area contributed by atoms with Crippen LogP contribution >= 0.6 is 15.6 Å². The Hall–Kier alpha value is -12.0. The van der Waals surface area contributed by atoms with Gasteiger partial charge in [-0.25, -0.2) is 43.4 Å². The predicted octanol–water partition coefficient (Wildman–Crippen LogP) is 6.83. The second-order valence-electron chi connectivity index (χ2n) is 28.2. The molecule has 0 saturated carbocycles. The Morgan fingerprint density at radius 3 is 1.49 bits per heavy atom. The number of nitrogens with one attached hydrogen (secondary N) is 3. The lowest BCUT2D eigenvalue weighted by molar-refractivity contribution is -0.151. The van der Waals surface area contributed by atoms with Gasteiger partial charge in [0.25, 0.3) is 17.4 Å². The summed E-state index contributed by atoms with van der Waals surface area (Å²) in [7, 11) is -8.01. The number of esters is 2. The summed E-state index contributed by atoms with van der Waals surface area (Å²) in [5.74, 6) is -3.52. The first kappa shape index (κ1) is 83.1. The number of aromatic nitrogens is 10. The first-order chi connectivity index (χ1) is 57.6. The van der Waals surface area contributed by atoms with Crippen LogP contribution in [-0.2, 0) is 89.7 Å². The number of phosphoric ester groups is 2. The molecule has 0 radical (unpaired) electrons. The van der Waals surface area contributed by atoms with Gasteiger partial charge in [0.1, 0.15) is 109 Å². The number of rotatable bonds is 30. The number of phosphoric acid groups is 2. The van der Waals surface area contributed by atoms with Gasteiger partial charge < -0.3 is 58.2 Å². The fourth-order valence-electron chi connectivity index (χ4n) is 15.1. The number of fused-ring (bicyclic) bond motifs is 1. The van der Waals surface area contributed by atoms with Crippen molar-refractivity contribution in [1.29, 1.82) is 0 Å². The average Bonchev–Trinajstić information content (AvgIpc) is 0.814. The average molecular weight is 1690 g/mol. The number of hydrogen-bond acceptors (Lipinski definition) is 31. The monoisotopic (exact) mass is 1690 g/mol. The third-order valence-corrected chi connectivity index (χ3v) is 22.9. The van der Waals surface area contributed by atoms with Crippen molar-refractivity contribution in [1.82, 2.24) is 48.2 Å². The lowest BCUT2D eigenvalue weighted by atomic mass is 9.80. The molecule has 0 aliphatic carbocycles. The van der Waals surface area contributed by atoms with Crippen LogP contribution in [0.5, 0.6) is 11.5 Å². The molecule has 4 N–H and O–H groups in total. The number of methoxy groups -OCH3 is 2. The number of carbonyl (C=O) groups is 6. The highest BCUT2D eigenvalue weighted by Gasteiger charge is 2.51. The van der Waals surface area contributed by atoms with Crippen molar-refractivity contribution >= 4 is 90.6 Å². The maximum absolute atomic E-state index is 16.7. The fraction of sp³-hybridized carbons (Fsp3) is 0.346. The van der Waals surface area contributed by atoms with Crippen LogP contribution in [0.15, 0.2) is 184 Å². The lowest BCUT2D eigenvalue weighted by Gasteiger charge is -2.37. The molecule has 4 fully saturated rings. The summed E-state index contributed by atoms with van der Waals surface area (Å²) in [6.07, 6.45) is -12.4. The van der Waals surface area contributed by atoms with E-state index < -0.39 is 192 Å². The number of carbonyl (C=O) groups excluding carboxylic acids is 6. The van der Waals surface area contributed by atoms with Gasteiger partial charge in [0.05, 0.1) is 47.0 Å². The molecule has 120 heavy (non-hydrogen) atoms. The van der Waals surface area contributed by atoms with E-state index in [1.807, 2.05) is 18.2 Å². The Kier molecular flexibility index (Phi) is 24.1. The number of aromatic amines is 1. The SMILES string of the molecule is COc1ccc(C(OC[C@H]2O[C@@H](n3ccc(=O)[nH]c3=O)CC2OP(=O)(OCC2OC(n3ccc(NC(C)=O)nc3=O)CC2OC(C)=O)OC[C@@H]2O[C@H](n3cnc4c(N5C(=O)c6cccc7cccc(c67)C5=O)ncnc43)CC2OP(=O)(O)OCC2OC(n3ccc(NC(C)=O)nc3=O)CC2OC(C)=O)(c2ccccc2)c2ccc(OC)cc2)cc1. The first-order valence-corrected chi connectivity index (χ1v) is 40.4. The summed E-state index contributed by atoms with van der Waals surface area (Å²) >= 11 is 0. The van der Waals surface area contributed by atoms with Gasteiger partial charge in [0.15, 0.2) is 17.0 Å². The molecule has 5 aromatic heterocycles. The summed E-state index contributed by atoms with van der Waals surface area (Å²) < 4.78 is 123. The molecule has 15 rings (SSSR count). The maximum atomic E-state index is 16.7. The van der Waals surface area contributed by atoms with Gasteiger partial charge in [-0.2, -0.15) is 9.97 Å². The third-order valence-electron chi connectivity index (χ3n) is 20.4. The van der Waals surface area contributed by atoms with E-state index in [0.29, 0.717) is 39.0 Å². The molecule has 4 saturated heterocycles. The van der Waals surface area contributed by atoms with Crippen molar-refractivity contribution < 1.29 is 108 Å². The molecule has 5 aliphatic rings. The molecule has 0 bridgehead atoms. The molecule has 14 atom stereocenters. The van der Waals surface area contributed by atoms with E-state index in [-0.39, 0.29) is 52.6 Å². The number of ether oxygens (including phenoxy) is 9. The number of amides is 4. The Morgan fingerprint density at radius 2 is 0.992 bits per heavy atom. The molecule has 5 aliphatic heterocycles. The van der Waals surface area contributed by atoms with E-state index in [9.17, 15) is 57.4 Å². The van der Waals surface area contributed by atoms with Crippen LogP contribution in [-0.4, -0.2) is 178 Å². The van der Waals surface area contributed by atoms with Crippen LogP contribution in [0.4, 0.5) is 17.5 Å². The maximum Gasteiger partial charge on any atom is 0.475 e. The molecule has 40 nitrogen and oxygen atoms in total. The number of anilines is 3. The molecule has 42 heteroatoms. The van der Waals surface area contributed by atoms with Crippen molar-refractivity contribution in [3.05, 3.63) is 234 Å². The van der Waals surface area contributed by atoms with Crippen LogP contribution in [0, 0.1) is 0 Å². The minimum absolute atomic E-state index is 0.0629. The molecule has 10 unspecified atom stereocenters. The normalized spacial score (nSPS) is 23.2. The van der Waals surface area contributed by atoms with Crippen LogP contribution in [0.1, 0.15) is 116 Å². The number of imide groups is 1. The number of imidazole rings is 1. The number of nitrogens with zero attached hydrogens (tertiary/aromatic N) is 10. The summed E-state index contributed by atoms with van der Waals surface area (Å²) in [6.45, 7) is 1.40. The molecule has 4 amide bonds. The summed E-state index contributed by atoms with van der Waals surface area (Å²) in [4.78, 5) is 168. The van der Waals surface area contributed by atoms with Crippen LogP contribution in [0.3, 0.4) is 0 Å². The van der Waals surface area contributed by atoms with Crippen molar-refractivity contribution in [2.24, 2.45) is 0 Å². The fourth-order valence-corrected chi connectivity index (χ4v) is 17.4. The van der Waals surface area contributed by atoms with E-state index in [1.54, 1.807) is 97.1 Å². The Labute approximate surface area is 678 Å². The molecule has 0 spiro atoms. The third kappa shape index (κ3) is 17.6. The molecule has 5 aromatic carbocycles. The Bertz CT molecular complexity index is 5850. The van der Waals surface area contributed by atoms with Crippen molar-refractivity contribution in [3.63, 3.8) is 0 Å². The summed E-state index contributed by atoms with van der Waals surface area (Å²) in [6, 6.07) is 36.9. The van der Waals surface area contributed by atoms with Gasteiger partial charge in [-0.15, -0.1) is 0 Å². The minimum atomic E-state index is -5.52. The van der Waals surface area contributed by atoms with Crippen molar-refractivity contribution in [2.75, 3.05) is 56.2 Å². The van der Waals surface area contributed by atoms with Crippen LogP contribution in [0.25, 0.3) is 21.9 Å². The van der Waals surface area contributed by atoms with Crippen molar-refractivity contribution in [2.45, 2.75) is 133 Å². The van der Waals surface area contributed by atoms with E-state index in [4.69, 9.17) is 65.3 Å². The van der Waals surface area contributed by atoms with Crippen LogP contribution < -0.4 is 47.6 Å². The molecule has 626 valence electrons. The zero-order chi connectivity index (χ0) is 84.5. The van der Waals surface area contributed by atoms with Crippen LogP contribution in [0.2, 0.25) is 0 Å². The van der Waals surface area contributed by atoms with E-state index in [1.165, 1.54) is 69.7 Å². The van der Waals surface area contributed by atoms with Gasteiger partial charge in [-0.3, -0.25) is 79.4 Å². The molecule has 10 heterocycles. The lowest BCUT2D eigenvalue weighted by Crippen LogP contribution is -2.41. The standard InChI is InChI=1S/C78H77N13O27P2/c1-42(92)82-62-26-29-87(75(99)84-62)65-32-54(111-44(3)94)59(114-65)37-108-119(102,103)117-56-34-68(90-41-81-70-71(90)79-40-80-72(70)91-73(97)52-16-10-12-46-13-11-17-53(69(46)52)74(91)98)116-61(56)39-110-120(104,109-38-60-55(112-45(4)95)33-66(115-60)88-30-27-63(83-43(2)93)85-76(88)100)118-57-35-67(89-31-28-64(96)86-77(89)101)113-58(57)36-107-78(47-14-8-7-9-15-47,48-18-22-50(105-5)23-19-48)49-20-24-51(106-6)25-21-49/h7-31,40-41,54-61,65-68H,32-39H2,1-6H3,(H,102,103)(H,86,96,101)(H,82,84,92,99)(H,83,85,93,100)/t54?,55?,56?,57?,58-,59?,60?,61+,65?,66?,67-,68+,120?/m1/s1. The van der Waals surface area contributed by atoms with Gasteiger partial charge in [-0.05, 0) is 70.6 Å². The zero-order valence-electron chi connectivity index (χ0n) is 64.6. The highest BCUT2D eigenvalue weighted by atomic mass is 31.2. The number of benzene rings is 5. The second-order valence-corrected chi connectivity index (χ2v) is 31.3. The number of hydrogen-bond donors (Lipinski definition) is 4. The smallest absolute Gasteiger partial charge is 0.475 e. The number of H-pyrrole nitrogens is 1. The van der Waals surface area contributed by atoms with E-state index in [2.05, 4.69) is 40.5 Å². The van der Waals surface area contributed by atoms with E-state index in [0.717, 1.165) is 44.8 Å². The van der Waals surface area contributed by atoms with Gasteiger partial charge >= 0.3 is 44.7 Å².